The van der Waals surface area contributed by atoms with Crippen LogP contribution in [-0.4, -0.2) is 34.1 Å². The van der Waals surface area contributed by atoms with Gasteiger partial charge in [-0.1, -0.05) is 32.9 Å². The SMILES string of the molecule is CCOC(=O)/C=C/c1ccc(OCc2cc3c(cc2O[Si](C)(C)C(C)(C)C)OCCO3)cc1. The van der Waals surface area contributed by atoms with Gasteiger partial charge in [0.05, 0.1) is 6.61 Å². The first-order valence-corrected chi connectivity index (χ1v) is 14.2. The van der Waals surface area contributed by atoms with E-state index in [-0.39, 0.29) is 11.0 Å². The Morgan fingerprint density at radius 1 is 1.06 bits per heavy atom. The average Bonchev–Trinajstić information content (AvgIpc) is 2.76. The quantitative estimate of drug-likeness (QED) is 0.268. The van der Waals surface area contributed by atoms with Crippen LogP contribution < -0.4 is 18.6 Å². The fourth-order valence-electron chi connectivity index (χ4n) is 2.94. The van der Waals surface area contributed by atoms with Crippen molar-refractivity contribution >= 4 is 20.4 Å². The van der Waals surface area contributed by atoms with Crippen molar-refractivity contribution in [2.45, 2.75) is 52.4 Å². The molecule has 0 atom stereocenters. The molecule has 2 aromatic carbocycles. The van der Waals surface area contributed by atoms with Gasteiger partial charge in [0, 0.05) is 17.7 Å². The standard InChI is InChI=1S/C26H34O6Si/c1-7-28-25(27)13-10-19-8-11-21(12-9-19)31-18-20-16-23-24(30-15-14-29-23)17-22(20)32-33(5,6)26(2,3)4/h8-13,16-17H,7,14-15,18H2,1-6H3/b13-10+. The first-order valence-electron chi connectivity index (χ1n) is 11.3. The van der Waals surface area contributed by atoms with Gasteiger partial charge in [-0.2, -0.15) is 0 Å². The molecule has 0 radical (unpaired) electrons. The lowest BCUT2D eigenvalue weighted by Gasteiger charge is -2.37. The van der Waals surface area contributed by atoms with Gasteiger partial charge in [-0.05, 0) is 54.9 Å². The van der Waals surface area contributed by atoms with E-state index in [1.807, 2.05) is 36.4 Å². The summed E-state index contributed by atoms with van der Waals surface area (Å²) in [4.78, 5) is 11.5. The van der Waals surface area contributed by atoms with Gasteiger partial charge < -0.3 is 23.4 Å². The lowest BCUT2D eigenvalue weighted by molar-refractivity contribution is -0.137. The van der Waals surface area contributed by atoms with Gasteiger partial charge in [-0.25, -0.2) is 4.79 Å². The zero-order valence-corrected chi connectivity index (χ0v) is 21.4. The van der Waals surface area contributed by atoms with Gasteiger partial charge in [0.25, 0.3) is 0 Å². The van der Waals surface area contributed by atoms with Crippen LogP contribution in [0, 0.1) is 0 Å². The molecular weight excluding hydrogens is 436 g/mol. The van der Waals surface area contributed by atoms with E-state index in [1.54, 1.807) is 13.0 Å². The molecule has 2 aromatic rings. The van der Waals surface area contributed by atoms with E-state index in [0.29, 0.717) is 37.9 Å². The normalized spacial score (nSPS) is 13.6. The van der Waals surface area contributed by atoms with E-state index in [4.69, 9.17) is 23.4 Å². The molecule has 0 fully saturated rings. The van der Waals surface area contributed by atoms with Gasteiger partial charge in [0.15, 0.2) is 11.5 Å². The number of hydrogen-bond acceptors (Lipinski definition) is 6. The topological polar surface area (TPSA) is 63.2 Å². The minimum absolute atomic E-state index is 0.0608. The van der Waals surface area contributed by atoms with Crippen LogP contribution >= 0.6 is 0 Å². The van der Waals surface area contributed by atoms with Crippen LogP contribution in [0.1, 0.15) is 38.8 Å². The summed E-state index contributed by atoms with van der Waals surface area (Å²) in [5.41, 5.74) is 1.80. The highest BCUT2D eigenvalue weighted by Gasteiger charge is 2.39. The Kier molecular flexibility index (Phi) is 7.74. The van der Waals surface area contributed by atoms with Crippen molar-refractivity contribution in [2.24, 2.45) is 0 Å². The van der Waals surface area contributed by atoms with Crippen LogP contribution in [0.25, 0.3) is 6.08 Å². The Hall–Kier alpha value is -2.93. The molecule has 1 aliphatic heterocycles. The van der Waals surface area contributed by atoms with E-state index < -0.39 is 8.32 Å². The van der Waals surface area contributed by atoms with Crippen molar-refractivity contribution in [3.8, 4) is 23.0 Å². The molecule has 0 aromatic heterocycles. The first-order chi connectivity index (χ1) is 15.6. The van der Waals surface area contributed by atoms with E-state index in [9.17, 15) is 4.79 Å². The summed E-state index contributed by atoms with van der Waals surface area (Å²) in [6.45, 7) is 14.6. The fourth-order valence-corrected chi connectivity index (χ4v) is 3.98. The van der Waals surface area contributed by atoms with Gasteiger partial charge in [-0.15, -0.1) is 0 Å². The molecule has 0 aliphatic carbocycles. The maximum Gasteiger partial charge on any atom is 0.330 e. The molecule has 0 unspecified atom stereocenters. The molecule has 0 spiro atoms. The van der Waals surface area contributed by atoms with Gasteiger partial charge >= 0.3 is 5.97 Å². The summed E-state index contributed by atoms with van der Waals surface area (Å²) in [6.07, 6.45) is 3.13. The van der Waals surface area contributed by atoms with E-state index in [1.165, 1.54) is 6.08 Å². The predicted octanol–water partition coefficient (Wildman–Crippen LogP) is 6.00. The lowest BCUT2D eigenvalue weighted by atomic mass is 10.1. The van der Waals surface area contributed by atoms with Crippen LogP contribution in [-0.2, 0) is 16.1 Å². The number of carbonyl (C=O) groups is 1. The molecule has 0 N–H and O–H groups in total. The summed E-state index contributed by atoms with van der Waals surface area (Å²) in [5.74, 6) is 2.56. The number of esters is 1. The Morgan fingerprint density at radius 2 is 1.70 bits per heavy atom. The Morgan fingerprint density at radius 3 is 2.30 bits per heavy atom. The van der Waals surface area contributed by atoms with Crippen molar-refractivity contribution < 1.29 is 28.2 Å². The fraction of sp³-hybridized carbons (Fsp3) is 0.423. The van der Waals surface area contributed by atoms with Crippen molar-refractivity contribution in [3.05, 3.63) is 53.6 Å². The lowest BCUT2D eigenvalue weighted by Crippen LogP contribution is -2.44. The third-order valence-electron chi connectivity index (χ3n) is 5.87. The predicted molar refractivity (Wildman–Crippen MR) is 132 cm³/mol. The largest absolute Gasteiger partial charge is 0.543 e. The molecular formula is C26H34O6Si. The van der Waals surface area contributed by atoms with Gasteiger partial charge in [0.1, 0.15) is 31.3 Å². The Balaban J connectivity index is 1.76. The zero-order valence-electron chi connectivity index (χ0n) is 20.4. The molecule has 1 aliphatic rings. The maximum absolute atomic E-state index is 11.5. The summed E-state index contributed by atoms with van der Waals surface area (Å²) < 4.78 is 29.1. The number of fused-ring (bicyclic) bond motifs is 1. The summed E-state index contributed by atoms with van der Waals surface area (Å²) in [7, 11) is -2.06. The molecule has 0 bridgehead atoms. The second-order valence-corrected chi connectivity index (χ2v) is 14.1. The average molecular weight is 471 g/mol. The van der Waals surface area contributed by atoms with Crippen LogP contribution in [0.4, 0.5) is 0 Å². The van der Waals surface area contributed by atoms with Crippen molar-refractivity contribution in [1.82, 2.24) is 0 Å². The van der Waals surface area contributed by atoms with Crippen molar-refractivity contribution in [2.75, 3.05) is 19.8 Å². The summed E-state index contributed by atoms with van der Waals surface area (Å²) >= 11 is 0. The first kappa shape index (κ1) is 24.7. The Bertz CT molecular complexity index is 989. The third kappa shape index (κ3) is 6.54. The second kappa shape index (κ2) is 10.3. The number of benzene rings is 2. The molecule has 178 valence electrons. The van der Waals surface area contributed by atoms with E-state index in [0.717, 1.165) is 22.6 Å². The molecule has 3 rings (SSSR count). The highest BCUT2D eigenvalue weighted by atomic mass is 28.4. The monoisotopic (exact) mass is 470 g/mol. The molecule has 33 heavy (non-hydrogen) atoms. The molecule has 6 nitrogen and oxygen atoms in total. The van der Waals surface area contributed by atoms with Crippen LogP contribution in [0.5, 0.6) is 23.0 Å². The minimum atomic E-state index is -2.06. The molecule has 7 heteroatoms. The number of hydrogen-bond donors (Lipinski definition) is 0. The number of rotatable bonds is 8. The van der Waals surface area contributed by atoms with E-state index in [2.05, 4.69) is 33.9 Å². The molecule has 0 saturated heterocycles. The van der Waals surface area contributed by atoms with Gasteiger partial charge in [0.2, 0.25) is 8.32 Å². The Labute approximate surface area is 197 Å². The third-order valence-corrected chi connectivity index (χ3v) is 10.2. The highest BCUT2D eigenvalue weighted by molar-refractivity contribution is 6.74. The van der Waals surface area contributed by atoms with E-state index >= 15 is 0 Å². The molecule has 1 heterocycles. The second-order valence-electron chi connectivity index (χ2n) is 9.41. The molecule has 0 amide bonds. The summed E-state index contributed by atoms with van der Waals surface area (Å²) in [6, 6.07) is 11.4. The molecule has 0 saturated carbocycles. The zero-order chi connectivity index (χ0) is 24.1. The van der Waals surface area contributed by atoms with Crippen molar-refractivity contribution in [1.29, 1.82) is 0 Å². The number of carbonyl (C=O) groups excluding carboxylic acids is 1. The maximum atomic E-state index is 11.5. The van der Waals surface area contributed by atoms with Gasteiger partial charge in [-0.3, -0.25) is 0 Å². The van der Waals surface area contributed by atoms with Crippen LogP contribution in [0.3, 0.4) is 0 Å². The van der Waals surface area contributed by atoms with Crippen LogP contribution in [0.15, 0.2) is 42.5 Å². The minimum Gasteiger partial charge on any atom is -0.543 e. The van der Waals surface area contributed by atoms with Crippen LogP contribution in [0.2, 0.25) is 18.1 Å². The number of ether oxygens (including phenoxy) is 4. The smallest absolute Gasteiger partial charge is 0.330 e. The highest BCUT2D eigenvalue weighted by Crippen LogP contribution is 2.42. The van der Waals surface area contributed by atoms with Crippen molar-refractivity contribution in [3.63, 3.8) is 0 Å². The summed E-state index contributed by atoms with van der Waals surface area (Å²) in [5, 5.41) is 0.0608.